The molecular formula is C27H30N2O3. The zero-order valence-corrected chi connectivity index (χ0v) is 18.4. The molecule has 5 rings (SSSR count). The number of fused-ring (bicyclic) bond motifs is 1. The molecule has 0 radical (unpaired) electrons. The molecule has 1 unspecified atom stereocenters. The number of pyridine rings is 1. The molecular weight excluding hydrogens is 400 g/mol. The summed E-state index contributed by atoms with van der Waals surface area (Å²) >= 11 is 0. The van der Waals surface area contributed by atoms with Crippen molar-refractivity contribution in [2.75, 3.05) is 13.1 Å². The van der Waals surface area contributed by atoms with Gasteiger partial charge in [-0.2, -0.15) is 0 Å². The minimum absolute atomic E-state index is 0.233. The largest absolute Gasteiger partial charge is 0.480 e. The predicted octanol–water partition coefficient (Wildman–Crippen LogP) is 4.95. The van der Waals surface area contributed by atoms with Crippen LogP contribution in [0.5, 0.6) is 0 Å². The molecule has 5 nitrogen and oxygen atoms in total. The van der Waals surface area contributed by atoms with Gasteiger partial charge in [0, 0.05) is 30.4 Å². The van der Waals surface area contributed by atoms with Gasteiger partial charge in [-0.1, -0.05) is 36.4 Å². The molecule has 32 heavy (non-hydrogen) atoms. The van der Waals surface area contributed by atoms with Gasteiger partial charge in [0.2, 0.25) is 0 Å². The first-order chi connectivity index (χ1) is 15.7. The van der Waals surface area contributed by atoms with E-state index in [0.717, 1.165) is 49.2 Å². The molecule has 1 fully saturated rings. The van der Waals surface area contributed by atoms with Gasteiger partial charge in [-0.15, -0.1) is 0 Å². The third kappa shape index (κ3) is 4.49. The fourth-order valence-corrected chi connectivity index (χ4v) is 5.18. The highest BCUT2D eigenvalue weighted by Crippen LogP contribution is 2.34. The second-order valence-corrected chi connectivity index (χ2v) is 9.10. The minimum Gasteiger partial charge on any atom is -0.480 e. The van der Waals surface area contributed by atoms with Crippen molar-refractivity contribution in [2.24, 2.45) is 0 Å². The minimum atomic E-state index is -0.797. The number of furan rings is 1. The van der Waals surface area contributed by atoms with Gasteiger partial charge >= 0.3 is 5.97 Å². The fourth-order valence-electron chi connectivity index (χ4n) is 5.18. The number of rotatable bonds is 7. The van der Waals surface area contributed by atoms with Crippen molar-refractivity contribution in [1.82, 2.24) is 9.88 Å². The van der Waals surface area contributed by atoms with Crippen molar-refractivity contribution >= 4 is 5.97 Å². The molecule has 0 bridgehead atoms. The fraction of sp³-hybridized carbons (Fsp3) is 0.407. The smallest absolute Gasteiger partial charge is 0.325 e. The van der Waals surface area contributed by atoms with Crippen molar-refractivity contribution in [2.45, 2.75) is 56.9 Å². The Morgan fingerprint density at radius 3 is 2.81 bits per heavy atom. The number of hydrogen-bond acceptors (Lipinski definition) is 4. The molecule has 3 heterocycles. The summed E-state index contributed by atoms with van der Waals surface area (Å²) in [6.07, 6.45) is 9.41. The maximum absolute atomic E-state index is 12.0. The molecule has 0 saturated carbocycles. The Labute approximate surface area is 189 Å². The highest BCUT2D eigenvalue weighted by Gasteiger charge is 2.35. The molecule has 1 aliphatic carbocycles. The Hall–Kier alpha value is -2.92. The summed E-state index contributed by atoms with van der Waals surface area (Å²) in [5, 5.41) is 9.83. The maximum Gasteiger partial charge on any atom is 0.325 e. The first-order valence-electron chi connectivity index (χ1n) is 11.7. The van der Waals surface area contributed by atoms with Gasteiger partial charge in [-0.3, -0.25) is 14.7 Å². The summed E-state index contributed by atoms with van der Waals surface area (Å²) in [5.74, 6) is 0.406. The van der Waals surface area contributed by atoms with Gasteiger partial charge in [0.15, 0.2) is 0 Å². The lowest BCUT2D eigenvalue weighted by Crippen LogP contribution is -2.32. The lowest BCUT2D eigenvalue weighted by molar-refractivity contribution is -0.143. The van der Waals surface area contributed by atoms with Crippen molar-refractivity contribution < 1.29 is 14.3 Å². The first kappa shape index (κ1) is 21.0. The first-order valence-corrected chi connectivity index (χ1v) is 11.7. The Bertz CT molecular complexity index is 1080. The Kier molecular flexibility index (Phi) is 6.08. The van der Waals surface area contributed by atoms with E-state index >= 15 is 0 Å². The topological polar surface area (TPSA) is 66.6 Å². The molecule has 2 atom stereocenters. The molecule has 2 aliphatic rings. The number of benzene rings is 1. The van der Waals surface area contributed by atoms with Gasteiger partial charge in [0.05, 0.1) is 6.26 Å². The van der Waals surface area contributed by atoms with Crippen LogP contribution in [0.25, 0.3) is 0 Å². The Balaban J connectivity index is 1.21. The standard InChI is InChI=1S/C27H30N2O3/c30-27(31)26(21-7-2-1-3-8-21)29-15-14-22(17-29)25-16-19(18-32-25)10-12-23-13-11-20-6-4-5-9-24(20)28-23/h1-3,7-8,11,13,16,18,22,26H,4-6,9-10,12,14-15,17H2,(H,30,31)/t22?,26-/m1/s1. The molecule has 1 aromatic carbocycles. The van der Waals surface area contributed by atoms with Crippen LogP contribution in [0.15, 0.2) is 59.2 Å². The number of carboxylic acid groups (broad SMARTS) is 1. The summed E-state index contributed by atoms with van der Waals surface area (Å²) < 4.78 is 5.93. The molecule has 0 spiro atoms. The molecule has 1 saturated heterocycles. The zero-order chi connectivity index (χ0) is 21.9. The van der Waals surface area contributed by atoms with E-state index in [0.29, 0.717) is 6.54 Å². The van der Waals surface area contributed by atoms with Crippen LogP contribution in [0.2, 0.25) is 0 Å². The number of aliphatic carboxylic acids is 1. The van der Waals surface area contributed by atoms with Crippen LogP contribution in [0.4, 0.5) is 0 Å². The molecule has 166 valence electrons. The lowest BCUT2D eigenvalue weighted by atomic mass is 9.95. The number of hydrogen-bond donors (Lipinski definition) is 1. The van der Waals surface area contributed by atoms with Crippen molar-refractivity contribution in [3.05, 3.63) is 88.6 Å². The van der Waals surface area contributed by atoms with E-state index in [-0.39, 0.29) is 5.92 Å². The Morgan fingerprint density at radius 2 is 1.97 bits per heavy atom. The lowest BCUT2D eigenvalue weighted by Gasteiger charge is -2.24. The quantitative estimate of drug-likeness (QED) is 0.574. The van der Waals surface area contributed by atoms with Gasteiger partial charge < -0.3 is 9.52 Å². The van der Waals surface area contributed by atoms with Crippen LogP contribution >= 0.6 is 0 Å². The van der Waals surface area contributed by atoms with E-state index in [2.05, 4.69) is 23.1 Å². The van der Waals surface area contributed by atoms with Crippen LogP contribution in [0.1, 0.15) is 65.1 Å². The summed E-state index contributed by atoms with van der Waals surface area (Å²) in [6.45, 7) is 1.46. The van der Waals surface area contributed by atoms with Crippen LogP contribution in [-0.4, -0.2) is 34.0 Å². The Morgan fingerprint density at radius 1 is 1.12 bits per heavy atom. The predicted molar refractivity (Wildman–Crippen MR) is 123 cm³/mol. The van der Waals surface area contributed by atoms with Crippen molar-refractivity contribution in [3.63, 3.8) is 0 Å². The number of aryl methyl sites for hydroxylation is 4. The van der Waals surface area contributed by atoms with Crippen LogP contribution in [0, 0.1) is 0 Å². The van der Waals surface area contributed by atoms with E-state index < -0.39 is 12.0 Å². The highest BCUT2D eigenvalue weighted by atomic mass is 16.4. The number of likely N-dealkylation sites (tertiary alicyclic amines) is 1. The average Bonchev–Trinajstić information content (AvgIpc) is 3.48. The monoisotopic (exact) mass is 430 g/mol. The number of carbonyl (C=O) groups is 1. The molecule has 2 aromatic heterocycles. The highest BCUT2D eigenvalue weighted by molar-refractivity contribution is 5.75. The SMILES string of the molecule is O=C(O)[C@@H](c1ccccc1)N1CCC(c2cc(CCc3ccc4c(n3)CCCC4)co2)C1. The third-order valence-electron chi connectivity index (χ3n) is 6.92. The number of aromatic nitrogens is 1. The summed E-state index contributed by atoms with van der Waals surface area (Å²) in [6, 6.07) is 15.5. The van der Waals surface area contributed by atoms with E-state index in [9.17, 15) is 9.90 Å². The zero-order valence-electron chi connectivity index (χ0n) is 18.4. The summed E-state index contributed by atoms with van der Waals surface area (Å²) in [5.41, 5.74) is 5.90. The third-order valence-corrected chi connectivity index (χ3v) is 6.92. The van der Waals surface area contributed by atoms with Crippen LogP contribution in [0.3, 0.4) is 0 Å². The molecule has 1 aliphatic heterocycles. The van der Waals surface area contributed by atoms with Gasteiger partial charge in [-0.25, -0.2) is 0 Å². The van der Waals surface area contributed by atoms with E-state index in [1.54, 1.807) is 0 Å². The summed E-state index contributed by atoms with van der Waals surface area (Å²) in [4.78, 5) is 18.9. The van der Waals surface area contributed by atoms with Crippen LogP contribution < -0.4 is 0 Å². The molecule has 0 amide bonds. The van der Waals surface area contributed by atoms with Gasteiger partial charge in [-0.05, 0) is 73.8 Å². The number of carboxylic acids is 1. The van der Waals surface area contributed by atoms with Gasteiger partial charge in [0.25, 0.3) is 0 Å². The molecule has 5 heteroatoms. The number of nitrogens with zero attached hydrogens (tertiary/aromatic N) is 2. The van der Waals surface area contributed by atoms with Crippen molar-refractivity contribution in [3.8, 4) is 0 Å². The van der Waals surface area contributed by atoms with E-state index in [4.69, 9.17) is 9.40 Å². The molecule has 3 aromatic rings. The van der Waals surface area contributed by atoms with Gasteiger partial charge in [0.1, 0.15) is 11.8 Å². The second-order valence-electron chi connectivity index (χ2n) is 9.10. The van der Waals surface area contributed by atoms with E-state index in [1.807, 2.05) is 36.6 Å². The maximum atomic E-state index is 12.0. The molecule has 1 N–H and O–H groups in total. The summed E-state index contributed by atoms with van der Waals surface area (Å²) in [7, 11) is 0. The van der Waals surface area contributed by atoms with Crippen LogP contribution in [-0.2, 0) is 30.5 Å². The average molecular weight is 431 g/mol. The normalized spacial score (nSPS) is 19.6. The second kappa shape index (κ2) is 9.29. The van der Waals surface area contributed by atoms with E-state index in [1.165, 1.54) is 36.1 Å². The van der Waals surface area contributed by atoms with Crippen molar-refractivity contribution in [1.29, 1.82) is 0 Å².